The molecule has 0 saturated heterocycles. The van der Waals surface area contributed by atoms with Crippen LogP contribution < -0.4 is 10.9 Å². The summed E-state index contributed by atoms with van der Waals surface area (Å²) >= 11 is 4.40. The van der Waals surface area contributed by atoms with Crippen LogP contribution in [0.3, 0.4) is 0 Å². The molecule has 1 aromatic carbocycles. The van der Waals surface area contributed by atoms with Crippen molar-refractivity contribution < 1.29 is 14.3 Å². The summed E-state index contributed by atoms with van der Waals surface area (Å²) < 4.78 is 5.65. The van der Waals surface area contributed by atoms with Gasteiger partial charge in [0.1, 0.15) is 11.1 Å². The predicted molar refractivity (Wildman–Crippen MR) is 87.5 cm³/mol. The number of amides is 1. The van der Waals surface area contributed by atoms with Crippen molar-refractivity contribution in [3.05, 3.63) is 44.9 Å². The molecule has 22 heavy (non-hydrogen) atoms. The van der Waals surface area contributed by atoms with Gasteiger partial charge < -0.3 is 4.74 Å². The minimum Gasteiger partial charge on any atom is -0.462 e. The number of thioether (sulfide) groups is 1. The number of esters is 1. The molecule has 0 aliphatic heterocycles. The van der Waals surface area contributed by atoms with Gasteiger partial charge >= 0.3 is 5.97 Å². The molecule has 8 heteroatoms. The normalized spacial score (nSPS) is 11.0. The van der Waals surface area contributed by atoms with E-state index in [0.29, 0.717) is 5.56 Å². The second kappa shape index (κ2) is 9.12. The highest BCUT2D eigenvalue weighted by atomic mass is 79.9. The Morgan fingerprint density at radius 3 is 2.45 bits per heavy atom. The van der Waals surface area contributed by atoms with Crippen molar-refractivity contribution in [1.82, 2.24) is 10.9 Å². The first-order chi connectivity index (χ1) is 10.5. The first-order valence-corrected chi connectivity index (χ1v) is 8.22. The minimum atomic E-state index is -0.736. The molecule has 0 aliphatic rings. The number of benzene rings is 1. The summed E-state index contributed by atoms with van der Waals surface area (Å²) in [4.78, 5) is 23.6. The van der Waals surface area contributed by atoms with Gasteiger partial charge in [-0.1, -0.05) is 15.9 Å². The van der Waals surface area contributed by atoms with Crippen LogP contribution in [0.5, 0.6) is 0 Å². The topological polar surface area (TPSA) is 91.2 Å². The van der Waals surface area contributed by atoms with Crippen molar-refractivity contribution in [2.45, 2.75) is 6.92 Å². The molecule has 0 spiro atoms. The molecule has 0 radical (unpaired) electrons. The van der Waals surface area contributed by atoms with Crippen LogP contribution in [0.2, 0.25) is 0 Å². The molecule has 0 aliphatic carbocycles. The number of hydrazine groups is 1. The molecule has 0 heterocycles. The lowest BCUT2D eigenvalue weighted by molar-refractivity contribution is -0.138. The second-order valence-corrected chi connectivity index (χ2v) is 5.56. The lowest BCUT2D eigenvalue weighted by Gasteiger charge is -2.12. The standard InChI is InChI=1S/C14H14BrN3O3S/c1-3-21-14(20)11(8-16)13(22-2)18-17-12(19)9-4-6-10(15)7-5-9/h4-7,18H,3H2,1-2H3,(H,17,19). The third kappa shape index (κ3) is 5.09. The number of carbonyl (C=O) groups is 2. The minimum absolute atomic E-state index is 0.164. The highest BCUT2D eigenvalue weighted by molar-refractivity contribution is 9.10. The summed E-state index contributed by atoms with van der Waals surface area (Å²) in [5, 5.41) is 9.27. The Kier molecular flexibility index (Phi) is 7.49. The van der Waals surface area contributed by atoms with E-state index in [2.05, 4.69) is 26.8 Å². The monoisotopic (exact) mass is 383 g/mol. The molecule has 0 saturated carbocycles. The van der Waals surface area contributed by atoms with E-state index in [-0.39, 0.29) is 23.1 Å². The Labute approximate surface area is 141 Å². The number of carbonyl (C=O) groups excluding carboxylic acids is 2. The summed E-state index contributed by atoms with van der Waals surface area (Å²) in [7, 11) is 0. The molecular weight excluding hydrogens is 370 g/mol. The fraction of sp³-hybridized carbons (Fsp3) is 0.214. The molecule has 116 valence electrons. The maximum atomic E-state index is 12.0. The van der Waals surface area contributed by atoms with Crippen LogP contribution in [0.1, 0.15) is 17.3 Å². The largest absolute Gasteiger partial charge is 0.462 e. The number of halogens is 1. The van der Waals surface area contributed by atoms with Gasteiger partial charge in [0, 0.05) is 10.0 Å². The highest BCUT2D eigenvalue weighted by Crippen LogP contribution is 2.14. The van der Waals surface area contributed by atoms with Gasteiger partial charge in [-0.3, -0.25) is 15.6 Å². The molecule has 0 atom stereocenters. The van der Waals surface area contributed by atoms with E-state index in [9.17, 15) is 9.59 Å². The average Bonchev–Trinajstić information content (AvgIpc) is 2.51. The second-order valence-electron chi connectivity index (χ2n) is 3.83. The molecule has 6 nitrogen and oxygen atoms in total. The molecule has 0 unspecified atom stereocenters. The molecule has 2 N–H and O–H groups in total. The van der Waals surface area contributed by atoms with Gasteiger partial charge in [0.05, 0.1) is 6.61 Å². The van der Waals surface area contributed by atoms with Crippen LogP contribution in [0.25, 0.3) is 0 Å². The van der Waals surface area contributed by atoms with Crippen molar-refractivity contribution in [2.24, 2.45) is 0 Å². The fourth-order valence-corrected chi connectivity index (χ4v) is 2.15. The highest BCUT2D eigenvalue weighted by Gasteiger charge is 2.17. The molecule has 1 amide bonds. The summed E-state index contributed by atoms with van der Waals surface area (Å²) in [6, 6.07) is 8.52. The van der Waals surface area contributed by atoms with E-state index in [1.54, 1.807) is 43.5 Å². The number of hydrogen-bond acceptors (Lipinski definition) is 6. The van der Waals surface area contributed by atoms with E-state index in [4.69, 9.17) is 10.00 Å². The van der Waals surface area contributed by atoms with E-state index in [1.807, 2.05) is 0 Å². The van der Waals surface area contributed by atoms with E-state index in [1.165, 1.54) is 0 Å². The number of ether oxygens (including phenoxy) is 1. The quantitative estimate of drug-likeness (QED) is 0.339. The van der Waals surface area contributed by atoms with E-state index in [0.717, 1.165) is 16.2 Å². The first-order valence-electron chi connectivity index (χ1n) is 6.20. The predicted octanol–water partition coefficient (Wildman–Crippen LogP) is 2.34. The summed E-state index contributed by atoms with van der Waals surface area (Å²) in [6.07, 6.45) is 1.67. The molecule has 1 rings (SSSR count). The van der Waals surface area contributed by atoms with Crippen LogP contribution in [0.15, 0.2) is 39.3 Å². The van der Waals surface area contributed by atoms with Gasteiger partial charge in [-0.05, 0) is 37.4 Å². The summed E-state index contributed by atoms with van der Waals surface area (Å²) in [5.41, 5.74) is 5.27. The Hall–Kier alpha value is -1.98. The number of rotatable bonds is 6. The SMILES string of the molecule is CCOC(=O)C(C#N)=C(NNC(=O)c1ccc(Br)cc1)SC. The maximum absolute atomic E-state index is 12.0. The first kappa shape index (κ1) is 18.1. The Balaban J connectivity index is 2.82. The maximum Gasteiger partial charge on any atom is 0.351 e. The van der Waals surface area contributed by atoms with Crippen LogP contribution in [-0.4, -0.2) is 24.7 Å². The van der Waals surface area contributed by atoms with E-state index < -0.39 is 5.97 Å². The van der Waals surface area contributed by atoms with Crippen LogP contribution in [-0.2, 0) is 9.53 Å². The lowest BCUT2D eigenvalue weighted by atomic mass is 10.2. The van der Waals surface area contributed by atoms with Gasteiger partial charge in [-0.25, -0.2) is 4.79 Å². The van der Waals surface area contributed by atoms with Gasteiger partial charge in [-0.2, -0.15) is 5.26 Å². The van der Waals surface area contributed by atoms with Gasteiger partial charge in [0.25, 0.3) is 5.91 Å². The van der Waals surface area contributed by atoms with Crippen LogP contribution in [0, 0.1) is 11.3 Å². The molecule has 1 aromatic rings. The van der Waals surface area contributed by atoms with Crippen molar-refractivity contribution in [3.63, 3.8) is 0 Å². The Morgan fingerprint density at radius 2 is 1.95 bits per heavy atom. The van der Waals surface area contributed by atoms with Crippen LogP contribution >= 0.6 is 27.7 Å². The van der Waals surface area contributed by atoms with Crippen molar-refractivity contribution in [1.29, 1.82) is 5.26 Å². The average molecular weight is 384 g/mol. The molecule has 0 aromatic heterocycles. The van der Waals surface area contributed by atoms with E-state index >= 15 is 0 Å². The van der Waals surface area contributed by atoms with Crippen LogP contribution in [0.4, 0.5) is 0 Å². The number of hydrogen-bond donors (Lipinski definition) is 2. The third-order valence-corrected chi connectivity index (χ3v) is 3.66. The zero-order valence-corrected chi connectivity index (χ0v) is 14.4. The van der Waals surface area contributed by atoms with Crippen molar-refractivity contribution >= 4 is 39.6 Å². The van der Waals surface area contributed by atoms with Gasteiger partial charge in [0.15, 0.2) is 5.57 Å². The fourth-order valence-electron chi connectivity index (χ4n) is 1.39. The Morgan fingerprint density at radius 1 is 1.32 bits per heavy atom. The summed E-state index contributed by atoms with van der Waals surface area (Å²) in [6.45, 7) is 1.81. The number of nitriles is 1. The van der Waals surface area contributed by atoms with Gasteiger partial charge in [-0.15, -0.1) is 11.8 Å². The van der Waals surface area contributed by atoms with Crippen molar-refractivity contribution in [2.75, 3.05) is 12.9 Å². The zero-order chi connectivity index (χ0) is 16.5. The smallest absolute Gasteiger partial charge is 0.351 e. The van der Waals surface area contributed by atoms with Gasteiger partial charge in [0.2, 0.25) is 0 Å². The molecule has 0 fully saturated rings. The molecular formula is C14H14BrN3O3S. The lowest BCUT2D eigenvalue weighted by Crippen LogP contribution is -2.37. The zero-order valence-electron chi connectivity index (χ0n) is 12.0. The molecule has 0 bridgehead atoms. The summed E-state index contributed by atoms with van der Waals surface area (Å²) in [5.74, 6) is -1.13. The number of nitrogens with zero attached hydrogens (tertiary/aromatic N) is 1. The Bertz CT molecular complexity index is 623. The third-order valence-electron chi connectivity index (χ3n) is 2.42. The number of nitrogens with one attached hydrogen (secondary N) is 2. The van der Waals surface area contributed by atoms with Crippen molar-refractivity contribution in [3.8, 4) is 6.07 Å².